The van der Waals surface area contributed by atoms with Crippen molar-refractivity contribution in [1.82, 2.24) is 9.99 Å². The van der Waals surface area contributed by atoms with E-state index in [0.717, 1.165) is 16.3 Å². The van der Waals surface area contributed by atoms with Crippen molar-refractivity contribution >= 4 is 33.0 Å². The van der Waals surface area contributed by atoms with E-state index in [9.17, 15) is 13.2 Å². The lowest BCUT2D eigenvalue weighted by Gasteiger charge is -2.12. The molecule has 1 heterocycles. The van der Waals surface area contributed by atoms with E-state index in [4.69, 9.17) is 4.18 Å². The number of aromatic nitrogens is 1. The third-order valence-electron chi connectivity index (χ3n) is 5.83. The summed E-state index contributed by atoms with van der Waals surface area (Å²) in [6, 6.07) is 28.2. The van der Waals surface area contributed by atoms with Crippen molar-refractivity contribution in [2.75, 3.05) is 0 Å². The Kier molecular flexibility index (Phi) is 6.57. The molecular weight excluding hydrogens is 486 g/mol. The highest BCUT2D eigenvalue weighted by Crippen LogP contribution is 2.29. The number of amides is 1. The van der Waals surface area contributed by atoms with E-state index >= 15 is 0 Å². The number of fused-ring (bicyclic) bond motifs is 1. The molecule has 0 aliphatic heterocycles. The Hall–Kier alpha value is -4.69. The first-order chi connectivity index (χ1) is 17.9. The Morgan fingerprint density at radius 2 is 1.57 bits per heavy atom. The highest BCUT2D eigenvalue weighted by atomic mass is 32.2. The summed E-state index contributed by atoms with van der Waals surface area (Å²) in [5.74, 6) is -0.305. The van der Waals surface area contributed by atoms with Crippen molar-refractivity contribution in [3.8, 4) is 11.4 Å². The highest BCUT2D eigenvalue weighted by molar-refractivity contribution is 7.87. The molecular formula is C29H23N3O4S. The molecule has 4 aromatic carbocycles. The summed E-state index contributed by atoms with van der Waals surface area (Å²) in [5.41, 5.74) is 5.06. The number of nitrogens with one attached hydrogen (secondary N) is 1. The third kappa shape index (κ3) is 5.14. The number of rotatable bonds is 7. The second-order valence-electron chi connectivity index (χ2n) is 8.36. The Balaban J connectivity index is 1.47. The molecule has 1 amide bonds. The first-order valence-electron chi connectivity index (χ1n) is 11.5. The molecule has 8 heteroatoms. The highest BCUT2D eigenvalue weighted by Gasteiger charge is 2.19. The number of hydrazone groups is 1. The number of benzene rings is 4. The van der Waals surface area contributed by atoms with Gasteiger partial charge in [0.15, 0.2) is 5.75 Å². The van der Waals surface area contributed by atoms with Gasteiger partial charge in [-0.1, -0.05) is 60.2 Å². The fourth-order valence-corrected chi connectivity index (χ4v) is 4.90. The molecule has 1 N–H and O–H groups in total. The van der Waals surface area contributed by atoms with Gasteiger partial charge in [-0.2, -0.15) is 13.5 Å². The number of nitrogens with zero attached hydrogens (tertiary/aromatic N) is 2. The average molecular weight is 510 g/mol. The largest absolute Gasteiger partial charge is 0.378 e. The molecule has 5 rings (SSSR count). The van der Waals surface area contributed by atoms with Crippen molar-refractivity contribution in [3.63, 3.8) is 0 Å². The van der Waals surface area contributed by atoms with Crippen LogP contribution in [0.1, 0.15) is 21.5 Å². The Morgan fingerprint density at radius 1 is 0.865 bits per heavy atom. The maximum atomic E-state index is 13.0. The topological polar surface area (TPSA) is 89.8 Å². The molecule has 0 saturated heterocycles. The quantitative estimate of drug-likeness (QED) is 0.179. The lowest BCUT2D eigenvalue weighted by atomic mass is 10.0. The molecule has 0 unspecified atom stereocenters. The second kappa shape index (κ2) is 10.1. The molecule has 1 aromatic heterocycles. The van der Waals surface area contributed by atoms with Crippen molar-refractivity contribution in [2.24, 2.45) is 5.10 Å². The van der Waals surface area contributed by atoms with Crippen LogP contribution in [-0.4, -0.2) is 25.1 Å². The normalized spacial score (nSPS) is 11.6. The maximum Gasteiger partial charge on any atom is 0.339 e. The van der Waals surface area contributed by atoms with Crippen molar-refractivity contribution in [3.05, 3.63) is 126 Å². The predicted octanol–water partition coefficient (Wildman–Crippen LogP) is 5.47. The van der Waals surface area contributed by atoms with Crippen LogP contribution >= 0.6 is 0 Å². The van der Waals surface area contributed by atoms with E-state index in [1.54, 1.807) is 36.4 Å². The first kappa shape index (κ1) is 24.0. The van der Waals surface area contributed by atoms with Crippen LogP contribution in [0.5, 0.6) is 5.75 Å². The van der Waals surface area contributed by atoms with Crippen molar-refractivity contribution < 1.29 is 17.4 Å². The molecule has 5 aromatic rings. The van der Waals surface area contributed by atoms with Crippen LogP contribution in [0.15, 0.2) is 119 Å². The van der Waals surface area contributed by atoms with E-state index in [1.165, 1.54) is 18.3 Å². The van der Waals surface area contributed by atoms with E-state index in [-0.39, 0.29) is 10.6 Å². The van der Waals surface area contributed by atoms with Gasteiger partial charge in [-0.15, -0.1) is 0 Å². The molecule has 0 fully saturated rings. The molecule has 0 spiro atoms. The van der Waals surface area contributed by atoms with E-state index < -0.39 is 16.0 Å². The van der Waals surface area contributed by atoms with Crippen LogP contribution in [0.4, 0.5) is 0 Å². The number of para-hydroxylation sites is 1. The summed E-state index contributed by atoms with van der Waals surface area (Å²) in [6.45, 7) is 1.88. The van der Waals surface area contributed by atoms with Gasteiger partial charge in [-0.25, -0.2) is 5.43 Å². The summed E-state index contributed by atoms with van der Waals surface area (Å²) in [6.07, 6.45) is 5.10. The minimum absolute atomic E-state index is 0.0454. The maximum absolute atomic E-state index is 13.0. The van der Waals surface area contributed by atoms with Crippen LogP contribution in [0, 0.1) is 6.92 Å². The zero-order valence-electron chi connectivity index (χ0n) is 19.9. The van der Waals surface area contributed by atoms with Gasteiger partial charge in [0.05, 0.1) is 17.5 Å². The number of hydrogen-bond donors (Lipinski definition) is 1. The Bertz CT molecular complexity index is 1710. The number of hydrogen-bond acceptors (Lipinski definition) is 5. The van der Waals surface area contributed by atoms with Gasteiger partial charge in [-0.3, -0.25) is 4.79 Å². The van der Waals surface area contributed by atoms with Crippen LogP contribution in [-0.2, 0) is 10.1 Å². The van der Waals surface area contributed by atoms with Gasteiger partial charge < -0.3 is 8.75 Å². The van der Waals surface area contributed by atoms with Crippen LogP contribution in [0.2, 0.25) is 0 Å². The molecule has 0 aliphatic rings. The average Bonchev–Trinajstić information content (AvgIpc) is 3.45. The fraction of sp³-hybridized carbons (Fsp3) is 0.0345. The van der Waals surface area contributed by atoms with E-state index in [1.807, 2.05) is 72.4 Å². The fourth-order valence-electron chi connectivity index (χ4n) is 3.95. The van der Waals surface area contributed by atoms with Crippen LogP contribution < -0.4 is 9.61 Å². The lowest BCUT2D eigenvalue weighted by molar-refractivity contribution is 0.0955. The van der Waals surface area contributed by atoms with Crippen molar-refractivity contribution in [1.29, 1.82) is 0 Å². The smallest absolute Gasteiger partial charge is 0.339 e. The standard InChI is InChI=1S/C29H23N3O4S/c1-21-12-15-23(16-13-21)37(34,35)36-28-17-14-22-8-2-3-9-24(22)26(28)20-30-31-29(33)25-10-4-5-11-27(25)32-18-6-7-19-32/h2-20H,1H3,(H,31,33)/b30-20-. The SMILES string of the molecule is Cc1ccc(S(=O)(=O)Oc2ccc3ccccc3c2/C=N\NC(=O)c2ccccc2-n2cccc2)cc1. The van der Waals surface area contributed by atoms with Gasteiger partial charge >= 0.3 is 10.1 Å². The number of carbonyl (C=O) groups is 1. The molecule has 7 nitrogen and oxygen atoms in total. The van der Waals surface area contributed by atoms with Crippen LogP contribution in [0.3, 0.4) is 0 Å². The molecule has 0 aliphatic carbocycles. The molecule has 0 atom stereocenters. The zero-order valence-corrected chi connectivity index (χ0v) is 20.7. The first-order valence-corrected chi connectivity index (χ1v) is 12.9. The summed E-state index contributed by atoms with van der Waals surface area (Å²) >= 11 is 0. The molecule has 37 heavy (non-hydrogen) atoms. The molecule has 0 radical (unpaired) electrons. The van der Waals surface area contributed by atoms with Gasteiger partial charge in [0.25, 0.3) is 5.91 Å². The summed E-state index contributed by atoms with van der Waals surface area (Å²) < 4.78 is 33.3. The second-order valence-corrected chi connectivity index (χ2v) is 9.90. The third-order valence-corrected chi connectivity index (χ3v) is 7.08. The van der Waals surface area contributed by atoms with Crippen LogP contribution in [0.25, 0.3) is 16.5 Å². The van der Waals surface area contributed by atoms with Gasteiger partial charge in [0.1, 0.15) is 4.90 Å². The van der Waals surface area contributed by atoms with E-state index in [2.05, 4.69) is 10.5 Å². The number of aryl methyl sites for hydroxylation is 1. The minimum atomic E-state index is -4.09. The van der Waals surface area contributed by atoms with E-state index in [0.29, 0.717) is 16.8 Å². The molecule has 0 bridgehead atoms. The molecule has 0 saturated carbocycles. The summed E-state index contributed by atoms with van der Waals surface area (Å²) in [4.78, 5) is 13.0. The molecule has 184 valence electrons. The number of carbonyl (C=O) groups excluding carboxylic acids is 1. The van der Waals surface area contributed by atoms with Gasteiger partial charge in [-0.05, 0) is 60.2 Å². The minimum Gasteiger partial charge on any atom is -0.378 e. The van der Waals surface area contributed by atoms with Gasteiger partial charge in [0.2, 0.25) is 0 Å². The lowest BCUT2D eigenvalue weighted by Crippen LogP contribution is -2.19. The zero-order chi connectivity index (χ0) is 25.8. The Labute approximate surface area is 214 Å². The Morgan fingerprint density at radius 3 is 2.35 bits per heavy atom. The van der Waals surface area contributed by atoms with Crippen molar-refractivity contribution in [2.45, 2.75) is 11.8 Å². The summed E-state index contributed by atoms with van der Waals surface area (Å²) in [7, 11) is -4.09. The predicted molar refractivity (Wildman–Crippen MR) is 144 cm³/mol. The summed E-state index contributed by atoms with van der Waals surface area (Å²) in [5, 5.41) is 5.75. The van der Waals surface area contributed by atoms with Gasteiger partial charge in [0, 0.05) is 18.0 Å². The monoisotopic (exact) mass is 509 g/mol.